The molecule has 1 heterocycles. The van der Waals surface area contributed by atoms with E-state index in [2.05, 4.69) is 15.6 Å². The molecule has 1 saturated heterocycles. The number of hydrogen-bond acceptors (Lipinski definition) is 4. The number of carbonyl (C=O) groups excluding carboxylic acids is 1. The maximum Gasteiger partial charge on any atom is 0.409 e. The van der Waals surface area contributed by atoms with Gasteiger partial charge in [-0.05, 0) is 46.0 Å². The van der Waals surface area contributed by atoms with Gasteiger partial charge < -0.3 is 25.2 Å². The Labute approximate surface area is 194 Å². The Morgan fingerprint density at radius 3 is 2.40 bits per heavy atom. The van der Waals surface area contributed by atoms with Crippen molar-refractivity contribution < 1.29 is 18.3 Å². The van der Waals surface area contributed by atoms with Gasteiger partial charge in [-0.1, -0.05) is 6.07 Å². The molecule has 0 aliphatic carbocycles. The highest BCUT2D eigenvalue weighted by molar-refractivity contribution is 14.0. The third-order valence-electron chi connectivity index (χ3n) is 5.00. The fourth-order valence-corrected chi connectivity index (χ4v) is 3.37. The molecule has 10 heteroatoms. The van der Waals surface area contributed by atoms with Crippen molar-refractivity contribution in [3.8, 4) is 0 Å². The van der Waals surface area contributed by atoms with Crippen LogP contribution in [0.2, 0.25) is 0 Å². The minimum Gasteiger partial charge on any atom is -0.450 e. The van der Waals surface area contributed by atoms with Crippen molar-refractivity contribution >= 4 is 36.0 Å². The van der Waals surface area contributed by atoms with E-state index in [1.54, 1.807) is 37.9 Å². The van der Waals surface area contributed by atoms with Gasteiger partial charge >= 0.3 is 6.09 Å². The zero-order valence-corrected chi connectivity index (χ0v) is 20.3. The van der Waals surface area contributed by atoms with Gasteiger partial charge in [-0.3, -0.25) is 4.99 Å². The van der Waals surface area contributed by atoms with Crippen LogP contribution in [0, 0.1) is 11.6 Å². The van der Waals surface area contributed by atoms with Crippen LogP contribution in [0.1, 0.15) is 31.4 Å². The van der Waals surface area contributed by atoms with Crippen LogP contribution in [-0.4, -0.2) is 75.3 Å². The van der Waals surface area contributed by atoms with Crippen molar-refractivity contribution in [3.05, 3.63) is 35.4 Å². The van der Waals surface area contributed by atoms with E-state index in [0.29, 0.717) is 25.7 Å². The first kappa shape index (κ1) is 26.3. The number of guanidine groups is 1. The summed E-state index contributed by atoms with van der Waals surface area (Å²) in [5, 5.41) is 6.49. The van der Waals surface area contributed by atoms with Crippen molar-refractivity contribution in [2.75, 3.05) is 47.4 Å². The number of likely N-dealkylation sites (tertiary alicyclic amines) is 1. The molecule has 1 aromatic carbocycles. The van der Waals surface area contributed by atoms with Crippen LogP contribution in [0.5, 0.6) is 0 Å². The van der Waals surface area contributed by atoms with Gasteiger partial charge in [0.1, 0.15) is 11.6 Å². The summed E-state index contributed by atoms with van der Waals surface area (Å²) in [5.74, 6) is -0.581. The van der Waals surface area contributed by atoms with E-state index < -0.39 is 17.7 Å². The molecule has 0 bridgehead atoms. The number of halogens is 3. The molecule has 7 nitrogen and oxygen atoms in total. The highest BCUT2D eigenvalue weighted by atomic mass is 127. The average Bonchev–Trinajstić information content (AvgIpc) is 2.69. The van der Waals surface area contributed by atoms with E-state index in [9.17, 15) is 13.6 Å². The highest BCUT2D eigenvalue weighted by Crippen LogP contribution is 2.23. The summed E-state index contributed by atoms with van der Waals surface area (Å²) in [4.78, 5) is 19.5. The molecule has 170 valence electrons. The van der Waals surface area contributed by atoms with Crippen LogP contribution in [-0.2, 0) is 4.74 Å². The number of carbonyl (C=O) groups is 1. The van der Waals surface area contributed by atoms with Gasteiger partial charge in [-0.25, -0.2) is 13.6 Å². The topological polar surface area (TPSA) is 69.2 Å². The third-order valence-corrected chi connectivity index (χ3v) is 5.00. The molecule has 0 saturated carbocycles. The van der Waals surface area contributed by atoms with Crippen molar-refractivity contribution in [1.29, 1.82) is 0 Å². The molecule has 30 heavy (non-hydrogen) atoms. The number of rotatable bonds is 6. The summed E-state index contributed by atoms with van der Waals surface area (Å²) in [6, 6.07) is 3.53. The van der Waals surface area contributed by atoms with Crippen molar-refractivity contribution in [3.63, 3.8) is 0 Å². The van der Waals surface area contributed by atoms with E-state index in [-0.39, 0.29) is 48.2 Å². The van der Waals surface area contributed by atoms with Crippen LogP contribution in [0.25, 0.3) is 0 Å². The molecule has 0 spiro atoms. The lowest BCUT2D eigenvalue weighted by atomic mass is 10.0. The molecule has 1 aliphatic heterocycles. The summed E-state index contributed by atoms with van der Waals surface area (Å²) < 4.78 is 33.5. The van der Waals surface area contributed by atoms with Gasteiger partial charge in [0.15, 0.2) is 5.96 Å². The number of amides is 1. The quantitative estimate of drug-likeness (QED) is 0.331. The molecular weight excluding hydrogens is 507 g/mol. The van der Waals surface area contributed by atoms with Gasteiger partial charge in [-0.2, -0.15) is 0 Å². The largest absolute Gasteiger partial charge is 0.450 e. The molecule has 2 N–H and O–H groups in total. The third kappa shape index (κ3) is 7.22. The fourth-order valence-electron chi connectivity index (χ4n) is 3.37. The second kappa shape index (κ2) is 12.9. The first-order chi connectivity index (χ1) is 13.9. The first-order valence-corrected chi connectivity index (χ1v) is 9.86. The van der Waals surface area contributed by atoms with Gasteiger partial charge in [0, 0.05) is 38.3 Å². The molecule has 2 rings (SSSR count). The maximum atomic E-state index is 14.2. The van der Waals surface area contributed by atoms with Crippen LogP contribution in [0.3, 0.4) is 0 Å². The molecule has 0 aromatic heterocycles. The van der Waals surface area contributed by atoms with Crippen molar-refractivity contribution in [2.24, 2.45) is 4.99 Å². The van der Waals surface area contributed by atoms with Crippen LogP contribution >= 0.6 is 24.0 Å². The molecule has 1 aromatic rings. The summed E-state index contributed by atoms with van der Waals surface area (Å²) in [5.41, 5.74) is 0.0307. The van der Waals surface area contributed by atoms with E-state index in [1.165, 1.54) is 18.2 Å². The molecule has 1 amide bonds. The molecule has 0 radical (unpaired) electrons. The number of nitrogens with one attached hydrogen (secondary N) is 2. The number of benzene rings is 1. The minimum absolute atomic E-state index is 0. The van der Waals surface area contributed by atoms with E-state index in [1.807, 2.05) is 0 Å². The molecule has 1 atom stereocenters. The summed E-state index contributed by atoms with van der Waals surface area (Å²) >= 11 is 0. The standard InChI is InChI=1S/C20H31F2N5O2.HI/c1-5-29-20(28)27-11-9-14(10-12-27)25-19(23-2)24-13-17(26(3)4)18-15(21)7-6-8-16(18)22;/h6-8,14,17H,5,9-13H2,1-4H3,(H2,23,24,25);1H. The fraction of sp³-hybridized carbons (Fsp3) is 0.600. The number of hydrogen-bond donors (Lipinski definition) is 2. The molecule has 1 unspecified atom stereocenters. The summed E-state index contributed by atoms with van der Waals surface area (Å²) in [6.45, 7) is 3.65. The molecule has 1 aliphatic rings. The van der Waals surface area contributed by atoms with Crippen LogP contribution < -0.4 is 10.6 Å². The summed E-state index contributed by atoms with van der Waals surface area (Å²) in [7, 11) is 5.20. The lowest BCUT2D eigenvalue weighted by molar-refractivity contribution is 0.0963. The van der Waals surface area contributed by atoms with Crippen LogP contribution in [0.4, 0.5) is 13.6 Å². The van der Waals surface area contributed by atoms with E-state index >= 15 is 0 Å². The highest BCUT2D eigenvalue weighted by Gasteiger charge is 2.25. The number of likely N-dealkylation sites (N-methyl/N-ethyl adjacent to an activating group) is 1. The summed E-state index contributed by atoms with van der Waals surface area (Å²) in [6.07, 6.45) is 1.24. The lowest BCUT2D eigenvalue weighted by Crippen LogP contribution is -2.50. The maximum absolute atomic E-state index is 14.2. The minimum atomic E-state index is -0.570. The zero-order chi connectivity index (χ0) is 21.4. The Bertz CT molecular complexity index is 692. The Kier molecular flexibility index (Phi) is 11.3. The Balaban J connectivity index is 0.00000450. The second-order valence-electron chi connectivity index (χ2n) is 7.17. The molecular formula is C20H32F2IN5O2. The lowest BCUT2D eigenvalue weighted by Gasteiger charge is -2.33. The number of ether oxygens (including phenoxy) is 1. The monoisotopic (exact) mass is 539 g/mol. The normalized spacial score (nSPS) is 16.1. The predicted octanol–water partition coefficient (Wildman–Crippen LogP) is 2.97. The van der Waals surface area contributed by atoms with Gasteiger partial charge in [0.05, 0.1) is 12.6 Å². The molecule has 1 fully saturated rings. The van der Waals surface area contributed by atoms with Crippen molar-refractivity contribution in [1.82, 2.24) is 20.4 Å². The van der Waals surface area contributed by atoms with E-state index in [0.717, 1.165) is 12.8 Å². The van der Waals surface area contributed by atoms with E-state index in [4.69, 9.17) is 4.74 Å². The predicted molar refractivity (Wildman–Crippen MR) is 124 cm³/mol. The Morgan fingerprint density at radius 1 is 1.30 bits per heavy atom. The van der Waals surface area contributed by atoms with Gasteiger partial charge in [0.25, 0.3) is 0 Å². The average molecular weight is 539 g/mol. The Morgan fingerprint density at radius 2 is 1.90 bits per heavy atom. The smallest absolute Gasteiger partial charge is 0.409 e. The Hall–Kier alpha value is -1.69. The van der Waals surface area contributed by atoms with Gasteiger partial charge in [0.2, 0.25) is 0 Å². The number of piperidine rings is 1. The van der Waals surface area contributed by atoms with Crippen molar-refractivity contribution in [2.45, 2.75) is 31.8 Å². The number of aliphatic imine (C=N–C) groups is 1. The SMILES string of the molecule is CCOC(=O)N1CCC(NC(=NC)NCC(c2c(F)cccc2F)N(C)C)CC1.I. The first-order valence-electron chi connectivity index (χ1n) is 9.86. The van der Waals surface area contributed by atoms with Gasteiger partial charge in [-0.15, -0.1) is 24.0 Å². The second-order valence-corrected chi connectivity index (χ2v) is 7.17. The zero-order valence-electron chi connectivity index (χ0n) is 18.0. The van der Waals surface area contributed by atoms with Crippen LogP contribution in [0.15, 0.2) is 23.2 Å². The number of nitrogens with zero attached hydrogens (tertiary/aromatic N) is 3.